The molecule has 1 heterocycles. The van der Waals surface area contributed by atoms with Crippen molar-refractivity contribution in [2.45, 2.75) is 36.4 Å². The third kappa shape index (κ3) is 6.16. The summed E-state index contributed by atoms with van der Waals surface area (Å²) in [5.74, 6) is 1.14. The van der Waals surface area contributed by atoms with Gasteiger partial charge in [-0.2, -0.15) is 9.78 Å². The maximum atomic E-state index is 12.7. The number of aromatic nitrogens is 3. The van der Waals surface area contributed by atoms with Gasteiger partial charge in [-0.3, -0.25) is 0 Å². The molecule has 0 fully saturated rings. The second-order valence-corrected chi connectivity index (χ2v) is 10.2. The molecule has 0 amide bonds. The van der Waals surface area contributed by atoms with E-state index in [1.807, 2.05) is 45.0 Å². The van der Waals surface area contributed by atoms with Crippen LogP contribution in [0.3, 0.4) is 0 Å². The predicted molar refractivity (Wildman–Crippen MR) is 122 cm³/mol. The first-order valence-corrected chi connectivity index (χ1v) is 12.0. The maximum absolute atomic E-state index is 12.7. The predicted octanol–water partition coefficient (Wildman–Crippen LogP) is 3.33. The lowest BCUT2D eigenvalue weighted by Gasteiger charge is -2.25. The third-order valence-corrected chi connectivity index (χ3v) is 7.37. The highest BCUT2D eigenvalue weighted by molar-refractivity contribution is 7.99. The Hall–Kier alpha value is -2.69. The van der Waals surface area contributed by atoms with E-state index in [1.54, 1.807) is 42.3 Å². The van der Waals surface area contributed by atoms with E-state index in [1.165, 1.54) is 18.1 Å². The number of aryl methyl sites for hydroxylation is 1. The average Bonchev–Trinajstić information content (AvgIpc) is 3.18. The Bertz CT molecular complexity index is 1160. The number of ether oxygens (including phenoxy) is 1. The van der Waals surface area contributed by atoms with Crippen LogP contribution in [0, 0.1) is 6.92 Å². The summed E-state index contributed by atoms with van der Waals surface area (Å²) in [6.07, 6.45) is 3.16. The Balaban J connectivity index is 1.68. The Morgan fingerprint density at radius 3 is 2.61 bits per heavy atom. The van der Waals surface area contributed by atoms with Crippen LogP contribution in [0.1, 0.15) is 25.0 Å². The molecule has 1 aromatic heterocycles. The van der Waals surface area contributed by atoms with E-state index in [4.69, 9.17) is 4.74 Å². The number of para-hydroxylation sites is 1. The lowest BCUT2D eigenvalue weighted by atomic mass is 10.1. The zero-order chi connectivity index (χ0) is 22.5. The van der Waals surface area contributed by atoms with Gasteiger partial charge in [0.25, 0.3) is 0 Å². The second kappa shape index (κ2) is 9.63. The van der Waals surface area contributed by atoms with Crippen LogP contribution in [-0.2, 0) is 10.0 Å². The minimum Gasteiger partial charge on any atom is -0.496 e. The summed E-state index contributed by atoms with van der Waals surface area (Å²) < 4.78 is 35.1. The van der Waals surface area contributed by atoms with Gasteiger partial charge in [-0.15, -0.1) is 10.2 Å². The van der Waals surface area contributed by atoms with Crippen LogP contribution in [0.25, 0.3) is 0 Å². The number of thioether (sulfide) groups is 1. The fraction of sp³-hybridized carbons (Fsp3) is 0.286. The highest BCUT2D eigenvalue weighted by atomic mass is 32.2. The van der Waals surface area contributed by atoms with Crippen LogP contribution in [-0.4, -0.2) is 47.9 Å². The van der Waals surface area contributed by atoms with Crippen molar-refractivity contribution < 1.29 is 13.2 Å². The Kier molecular flexibility index (Phi) is 7.14. The largest absolute Gasteiger partial charge is 0.496 e. The number of methoxy groups -OCH3 is 1. The Morgan fingerprint density at radius 1 is 1.19 bits per heavy atom. The summed E-state index contributed by atoms with van der Waals surface area (Å²) in [5, 5.41) is 13.0. The lowest BCUT2D eigenvalue weighted by molar-refractivity contribution is 0.414. The van der Waals surface area contributed by atoms with E-state index >= 15 is 0 Å². The number of hydrogen-bond acceptors (Lipinski definition) is 7. The van der Waals surface area contributed by atoms with Gasteiger partial charge in [0.15, 0.2) is 0 Å². The van der Waals surface area contributed by atoms with Crippen molar-refractivity contribution >= 4 is 28.0 Å². The molecular weight excluding hydrogens is 434 g/mol. The number of benzene rings is 2. The molecule has 0 unspecified atom stereocenters. The molecule has 0 aliphatic carbocycles. The van der Waals surface area contributed by atoms with E-state index in [2.05, 4.69) is 20.0 Å². The standard InChI is InChI=1S/C21H25N5O3S2/c1-16-9-11-18(12-10-16)31(27,28)25-21(2,3)14-30-20-24-22-15-26(20)23-13-17-7-5-6-8-19(17)29-4/h5-13,15,25H,14H2,1-4H3/b23-13+. The summed E-state index contributed by atoms with van der Waals surface area (Å²) in [6.45, 7) is 5.56. The fourth-order valence-corrected chi connectivity index (χ4v) is 5.10. The Morgan fingerprint density at radius 2 is 1.90 bits per heavy atom. The first kappa shape index (κ1) is 23.0. The van der Waals surface area contributed by atoms with Gasteiger partial charge >= 0.3 is 0 Å². The van der Waals surface area contributed by atoms with Crippen LogP contribution in [0.4, 0.5) is 0 Å². The molecule has 3 rings (SSSR count). The van der Waals surface area contributed by atoms with Gasteiger partial charge in [-0.25, -0.2) is 13.1 Å². The normalized spacial score (nSPS) is 12.4. The molecule has 0 saturated carbocycles. The van der Waals surface area contributed by atoms with Gasteiger partial charge in [0.1, 0.15) is 12.1 Å². The maximum Gasteiger partial charge on any atom is 0.241 e. The van der Waals surface area contributed by atoms with Gasteiger partial charge in [0.05, 0.1) is 18.2 Å². The summed E-state index contributed by atoms with van der Waals surface area (Å²) in [5.41, 5.74) is 1.10. The van der Waals surface area contributed by atoms with Crippen molar-refractivity contribution in [3.8, 4) is 5.75 Å². The molecule has 31 heavy (non-hydrogen) atoms. The van der Waals surface area contributed by atoms with Crippen molar-refractivity contribution in [3.63, 3.8) is 0 Å². The molecule has 0 bridgehead atoms. The molecule has 0 spiro atoms. The van der Waals surface area contributed by atoms with Gasteiger partial charge < -0.3 is 4.74 Å². The molecular formula is C21H25N5O3S2. The van der Waals surface area contributed by atoms with Crippen LogP contribution in [0.15, 0.2) is 70.0 Å². The molecule has 3 aromatic rings. The van der Waals surface area contributed by atoms with Gasteiger partial charge in [-0.1, -0.05) is 41.6 Å². The first-order valence-electron chi connectivity index (χ1n) is 9.51. The van der Waals surface area contributed by atoms with Crippen molar-refractivity contribution in [2.24, 2.45) is 5.10 Å². The molecule has 0 saturated heterocycles. The fourth-order valence-electron chi connectivity index (χ4n) is 2.71. The molecule has 10 heteroatoms. The number of hydrogen-bond donors (Lipinski definition) is 1. The first-order chi connectivity index (χ1) is 14.7. The van der Waals surface area contributed by atoms with Crippen LogP contribution in [0.5, 0.6) is 5.75 Å². The zero-order valence-electron chi connectivity index (χ0n) is 17.8. The van der Waals surface area contributed by atoms with E-state index in [0.29, 0.717) is 16.7 Å². The highest BCUT2D eigenvalue weighted by Crippen LogP contribution is 2.23. The molecule has 164 valence electrons. The van der Waals surface area contributed by atoms with Crippen LogP contribution >= 0.6 is 11.8 Å². The van der Waals surface area contributed by atoms with E-state index in [-0.39, 0.29) is 4.90 Å². The van der Waals surface area contributed by atoms with Gasteiger partial charge in [0, 0.05) is 16.9 Å². The summed E-state index contributed by atoms with van der Waals surface area (Å²) in [7, 11) is -2.04. The second-order valence-electron chi connectivity index (χ2n) is 7.54. The quantitative estimate of drug-likeness (QED) is 0.389. The van der Waals surface area contributed by atoms with Gasteiger partial charge in [-0.05, 0) is 45.0 Å². The number of sulfonamides is 1. The molecule has 0 aliphatic heterocycles. The molecule has 0 aliphatic rings. The molecule has 8 nitrogen and oxygen atoms in total. The molecule has 2 aromatic carbocycles. The third-order valence-electron chi connectivity index (χ3n) is 4.26. The van der Waals surface area contributed by atoms with E-state index in [0.717, 1.165) is 11.1 Å². The lowest BCUT2D eigenvalue weighted by Crippen LogP contribution is -2.45. The van der Waals surface area contributed by atoms with Crippen molar-refractivity contribution in [3.05, 3.63) is 66.0 Å². The van der Waals surface area contributed by atoms with Crippen molar-refractivity contribution in [2.75, 3.05) is 12.9 Å². The monoisotopic (exact) mass is 459 g/mol. The van der Waals surface area contributed by atoms with Crippen LogP contribution in [0.2, 0.25) is 0 Å². The molecule has 1 N–H and O–H groups in total. The topological polar surface area (TPSA) is 98.5 Å². The summed E-state index contributed by atoms with van der Waals surface area (Å²) >= 11 is 1.36. The zero-order valence-corrected chi connectivity index (χ0v) is 19.4. The average molecular weight is 460 g/mol. The smallest absolute Gasteiger partial charge is 0.241 e. The van der Waals surface area contributed by atoms with E-state index < -0.39 is 15.6 Å². The molecule has 0 atom stereocenters. The number of nitrogens with one attached hydrogen (secondary N) is 1. The summed E-state index contributed by atoms with van der Waals surface area (Å²) in [6, 6.07) is 14.3. The van der Waals surface area contributed by atoms with Crippen molar-refractivity contribution in [1.82, 2.24) is 19.6 Å². The minimum atomic E-state index is -3.64. The van der Waals surface area contributed by atoms with Crippen LogP contribution < -0.4 is 9.46 Å². The Labute approximate surface area is 186 Å². The number of nitrogens with zero attached hydrogens (tertiary/aromatic N) is 4. The highest BCUT2D eigenvalue weighted by Gasteiger charge is 2.27. The summed E-state index contributed by atoms with van der Waals surface area (Å²) in [4.78, 5) is 0.237. The van der Waals surface area contributed by atoms with Crippen molar-refractivity contribution in [1.29, 1.82) is 0 Å². The number of rotatable bonds is 9. The molecule has 0 radical (unpaired) electrons. The minimum absolute atomic E-state index is 0.237. The van der Waals surface area contributed by atoms with Gasteiger partial charge in [0.2, 0.25) is 15.2 Å². The van der Waals surface area contributed by atoms with E-state index in [9.17, 15) is 8.42 Å². The SMILES string of the molecule is COc1ccccc1/C=N/n1cnnc1SCC(C)(C)NS(=O)(=O)c1ccc(C)cc1.